The van der Waals surface area contributed by atoms with Crippen LogP contribution in [0.1, 0.15) is 31.7 Å². The van der Waals surface area contributed by atoms with Gasteiger partial charge in [-0.05, 0) is 44.4 Å². The number of nitro benzene ring substituents is 1. The molecule has 1 fully saturated rings. The van der Waals surface area contributed by atoms with E-state index in [1.54, 1.807) is 19.2 Å². The van der Waals surface area contributed by atoms with Gasteiger partial charge in [-0.25, -0.2) is 0 Å². The lowest BCUT2D eigenvalue weighted by Crippen LogP contribution is -2.31. The lowest BCUT2D eigenvalue weighted by molar-refractivity contribution is -0.384. The molecule has 2 atom stereocenters. The minimum atomic E-state index is -0.355. The third-order valence-corrected chi connectivity index (χ3v) is 4.03. The first-order valence-corrected chi connectivity index (χ1v) is 7.38. The van der Waals surface area contributed by atoms with Gasteiger partial charge in [0.15, 0.2) is 0 Å². The summed E-state index contributed by atoms with van der Waals surface area (Å²) >= 11 is 0. The van der Waals surface area contributed by atoms with E-state index in [-0.39, 0.29) is 16.7 Å². The van der Waals surface area contributed by atoms with Crippen molar-refractivity contribution in [1.82, 2.24) is 4.90 Å². The SMILES string of the molecule is CNc1ccc(CN2CCCC2CC(C)O)cc1[N+](=O)[O-]. The summed E-state index contributed by atoms with van der Waals surface area (Å²) in [6.45, 7) is 3.49. The van der Waals surface area contributed by atoms with E-state index in [1.807, 2.05) is 13.0 Å². The Hall–Kier alpha value is -1.66. The summed E-state index contributed by atoms with van der Waals surface area (Å²) in [6, 6.07) is 5.70. The molecule has 2 unspecified atom stereocenters. The summed E-state index contributed by atoms with van der Waals surface area (Å²) < 4.78 is 0. The Morgan fingerprint density at radius 3 is 2.95 bits per heavy atom. The van der Waals surface area contributed by atoms with Gasteiger partial charge in [-0.3, -0.25) is 15.0 Å². The highest BCUT2D eigenvalue weighted by Gasteiger charge is 2.26. The predicted octanol–water partition coefficient (Wildman–Crippen LogP) is 2.37. The zero-order valence-electron chi connectivity index (χ0n) is 12.6. The fraction of sp³-hybridized carbons (Fsp3) is 0.600. The molecule has 0 aromatic heterocycles. The third-order valence-electron chi connectivity index (χ3n) is 4.03. The van der Waals surface area contributed by atoms with E-state index in [1.165, 1.54) is 0 Å². The maximum absolute atomic E-state index is 11.1. The summed E-state index contributed by atoms with van der Waals surface area (Å²) in [7, 11) is 1.68. The summed E-state index contributed by atoms with van der Waals surface area (Å²) in [5.74, 6) is 0. The van der Waals surface area contributed by atoms with Gasteiger partial charge < -0.3 is 10.4 Å². The first-order chi connectivity index (χ1) is 10.0. The molecule has 1 heterocycles. The molecule has 0 amide bonds. The molecule has 6 nitrogen and oxygen atoms in total. The number of likely N-dealkylation sites (tertiary alicyclic amines) is 1. The van der Waals surface area contributed by atoms with Crippen molar-refractivity contribution in [1.29, 1.82) is 0 Å². The molecule has 0 aliphatic carbocycles. The summed E-state index contributed by atoms with van der Waals surface area (Å²) in [4.78, 5) is 13.1. The molecule has 1 aliphatic rings. The predicted molar refractivity (Wildman–Crippen MR) is 82.4 cm³/mol. The van der Waals surface area contributed by atoms with Gasteiger partial charge in [0.05, 0.1) is 11.0 Å². The van der Waals surface area contributed by atoms with Crippen LogP contribution in [0, 0.1) is 10.1 Å². The quantitative estimate of drug-likeness (QED) is 0.622. The van der Waals surface area contributed by atoms with E-state index in [9.17, 15) is 15.2 Å². The summed E-state index contributed by atoms with van der Waals surface area (Å²) in [6.07, 6.45) is 2.66. The Morgan fingerprint density at radius 2 is 2.33 bits per heavy atom. The van der Waals surface area contributed by atoms with Crippen molar-refractivity contribution < 1.29 is 10.0 Å². The Morgan fingerprint density at radius 1 is 1.57 bits per heavy atom. The lowest BCUT2D eigenvalue weighted by Gasteiger charge is -2.25. The molecule has 1 aliphatic heterocycles. The lowest BCUT2D eigenvalue weighted by atomic mass is 10.1. The normalized spacial score (nSPS) is 20.4. The van der Waals surface area contributed by atoms with E-state index in [2.05, 4.69) is 10.2 Å². The van der Waals surface area contributed by atoms with Gasteiger partial charge in [0.1, 0.15) is 5.69 Å². The average molecular weight is 293 g/mol. The standard InChI is InChI=1S/C15H23N3O3/c1-11(19)8-13-4-3-7-17(13)10-12-5-6-14(16-2)15(9-12)18(20)21/h5-6,9,11,13,16,19H,3-4,7-8,10H2,1-2H3. The number of anilines is 1. The van der Waals surface area contributed by atoms with Crippen LogP contribution < -0.4 is 5.32 Å². The zero-order chi connectivity index (χ0) is 15.4. The average Bonchev–Trinajstić information content (AvgIpc) is 2.85. The van der Waals surface area contributed by atoms with Gasteiger partial charge in [-0.1, -0.05) is 6.07 Å². The van der Waals surface area contributed by atoms with E-state index in [0.717, 1.165) is 31.4 Å². The van der Waals surface area contributed by atoms with Crippen LogP contribution in [0.4, 0.5) is 11.4 Å². The first kappa shape index (κ1) is 15.7. The molecule has 116 valence electrons. The second kappa shape index (κ2) is 6.87. The molecule has 6 heteroatoms. The van der Waals surface area contributed by atoms with Crippen LogP contribution in [0.3, 0.4) is 0 Å². The van der Waals surface area contributed by atoms with Crippen molar-refractivity contribution in [3.63, 3.8) is 0 Å². The highest BCUT2D eigenvalue weighted by atomic mass is 16.6. The van der Waals surface area contributed by atoms with Gasteiger partial charge in [0.25, 0.3) is 5.69 Å². The van der Waals surface area contributed by atoms with Gasteiger partial charge in [0.2, 0.25) is 0 Å². The van der Waals surface area contributed by atoms with Crippen molar-refractivity contribution in [3.05, 3.63) is 33.9 Å². The molecular weight excluding hydrogens is 270 g/mol. The Bertz CT molecular complexity index is 505. The molecular formula is C15H23N3O3. The molecule has 2 rings (SSSR count). The maximum Gasteiger partial charge on any atom is 0.292 e. The van der Waals surface area contributed by atoms with Crippen molar-refractivity contribution in [2.45, 2.75) is 44.9 Å². The topological polar surface area (TPSA) is 78.6 Å². The van der Waals surface area contributed by atoms with Crippen molar-refractivity contribution in [3.8, 4) is 0 Å². The number of rotatable bonds is 6. The van der Waals surface area contributed by atoms with Crippen molar-refractivity contribution >= 4 is 11.4 Å². The van der Waals surface area contributed by atoms with Gasteiger partial charge in [0, 0.05) is 25.7 Å². The number of benzene rings is 1. The minimum absolute atomic E-state index is 0.112. The highest BCUT2D eigenvalue weighted by Crippen LogP contribution is 2.28. The Balaban J connectivity index is 2.12. The monoisotopic (exact) mass is 293 g/mol. The fourth-order valence-electron chi connectivity index (χ4n) is 3.04. The molecule has 0 saturated carbocycles. The van der Waals surface area contributed by atoms with Crippen LogP contribution in [-0.4, -0.2) is 40.7 Å². The van der Waals surface area contributed by atoms with Crippen molar-refractivity contribution in [2.75, 3.05) is 18.9 Å². The number of aliphatic hydroxyl groups excluding tert-OH is 1. The Labute approximate surface area is 124 Å². The molecule has 1 aromatic rings. The van der Waals surface area contributed by atoms with Crippen LogP contribution in [0.5, 0.6) is 0 Å². The molecule has 2 N–H and O–H groups in total. The first-order valence-electron chi connectivity index (χ1n) is 7.38. The maximum atomic E-state index is 11.1. The number of hydrogen-bond donors (Lipinski definition) is 2. The van der Waals surface area contributed by atoms with Gasteiger partial charge in [-0.2, -0.15) is 0 Å². The van der Waals surface area contributed by atoms with E-state index < -0.39 is 0 Å². The molecule has 0 radical (unpaired) electrons. The number of nitro groups is 1. The number of hydrogen-bond acceptors (Lipinski definition) is 5. The smallest absolute Gasteiger partial charge is 0.292 e. The summed E-state index contributed by atoms with van der Waals surface area (Å²) in [5, 5.41) is 23.5. The zero-order valence-corrected chi connectivity index (χ0v) is 12.6. The van der Waals surface area contributed by atoms with Crippen molar-refractivity contribution in [2.24, 2.45) is 0 Å². The number of aliphatic hydroxyl groups is 1. The Kier molecular flexibility index (Phi) is 5.14. The van der Waals surface area contributed by atoms with E-state index in [4.69, 9.17) is 0 Å². The molecule has 0 bridgehead atoms. The largest absolute Gasteiger partial charge is 0.393 e. The number of nitrogens with one attached hydrogen (secondary N) is 1. The van der Waals surface area contributed by atoms with E-state index in [0.29, 0.717) is 18.3 Å². The second-order valence-corrected chi connectivity index (χ2v) is 5.71. The van der Waals surface area contributed by atoms with Crippen LogP contribution in [0.25, 0.3) is 0 Å². The van der Waals surface area contributed by atoms with E-state index >= 15 is 0 Å². The molecule has 0 spiro atoms. The fourth-order valence-corrected chi connectivity index (χ4v) is 3.04. The molecule has 21 heavy (non-hydrogen) atoms. The second-order valence-electron chi connectivity index (χ2n) is 5.71. The van der Waals surface area contributed by atoms with Gasteiger partial charge in [-0.15, -0.1) is 0 Å². The van der Waals surface area contributed by atoms with Crippen LogP contribution in [0.15, 0.2) is 18.2 Å². The number of nitrogens with zero attached hydrogens (tertiary/aromatic N) is 2. The van der Waals surface area contributed by atoms with Crippen LogP contribution >= 0.6 is 0 Å². The highest BCUT2D eigenvalue weighted by molar-refractivity contribution is 5.62. The molecule has 1 saturated heterocycles. The van der Waals surface area contributed by atoms with Crippen LogP contribution in [-0.2, 0) is 6.54 Å². The van der Waals surface area contributed by atoms with Crippen LogP contribution in [0.2, 0.25) is 0 Å². The summed E-state index contributed by atoms with van der Waals surface area (Å²) in [5.41, 5.74) is 1.59. The minimum Gasteiger partial charge on any atom is -0.393 e. The molecule has 1 aromatic carbocycles. The van der Waals surface area contributed by atoms with Gasteiger partial charge >= 0.3 is 0 Å². The third kappa shape index (κ3) is 3.92.